The molecule has 0 amide bonds. The number of likely N-dealkylation sites (tertiary alicyclic amines) is 1. The minimum Gasteiger partial charge on any atom is -0.393 e. The third-order valence-electron chi connectivity index (χ3n) is 4.62. The summed E-state index contributed by atoms with van der Waals surface area (Å²) < 4.78 is 0. The van der Waals surface area contributed by atoms with Gasteiger partial charge in [0.15, 0.2) is 0 Å². The van der Waals surface area contributed by atoms with Gasteiger partial charge < -0.3 is 15.1 Å². The molecule has 1 saturated heterocycles. The average molecular weight is 241 g/mol. The minimum absolute atomic E-state index is 0.171. The molecular weight excluding hydrogens is 214 g/mol. The van der Waals surface area contributed by atoms with E-state index >= 15 is 0 Å². The van der Waals surface area contributed by atoms with Gasteiger partial charge in [0.05, 0.1) is 11.7 Å². The van der Waals surface area contributed by atoms with E-state index in [1.54, 1.807) is 0 Å². The molecule has 1 atom stereocenters. The SMILES string of the molecule is CC(O)C1CCN(CC2(O)CCCCC2)CC1. The van der Waals surface area contributed by atoms with Crippen LogP contribution in [-0.2, 0) is 0 Å². The van der Waals surface area contributed by atoms with Gasteiger partial charge in [0.2, 0.25) is 0 Å². The predicted octanol–water partition coefficient (Wildman–Crippen LogP) is 1.77. The lowest BCUT2D eigenvalue weighted by Crippen LogP contribution is -2.47. The lowest BCUT2D eigenvalue weighted by Gasteiger charge is -2.40. The average Bonchev–Trinajstić information content (AvgIpc) is 2.30. The van der Waals surface area contributed by atoms with Crippen molar-refractivity contribution in [3.8, 4) is 0 Å². The van der Waals surface area contributed by atoms with Crippen LogP contribution < -0.4 is 0 Å². The van der Waals surface area contributed by atoms with Crippen LogP contribution in [0.25, 0.3) is 0 Å². The maximum absolute atomic E-state index is 10.5. The summed E-state index contributed by atoms with van der Waals surface area (Å²) in [7, 11) is 0. The zero-order valence-electron chi connectivity index (χ0n) is 11.1. The molecule has 1 unspecified atom stereocenters. The Kier molecular flexibility index (Phi) is 4.45. The van der Waals surface area contributed by atoms with E-state index in [2.05, 4.69) is 4.90 Å². The topological polar surface area (TPSA) is 43.7 Å². The Bertz CT molecular complexity index is 228. The van der Waals surface area contributed by atoms with Gasteiger partial charge in [-0.05, 0) is 51.6 Å². The van der Waals surface area contributed by atoms with Crippen molar-refractivity contribution >= 4 is 0 Å². The largest absolute Gasteiger partial charge is 0.393 e. The molecule has 2 rings (SSSR count). The first kappa shape index (κ1) is 13.3. The van der Waals surface area contributed by atoms with Crippen LogP contribution in [-0.4, -0.2) is 46.5 Å². The van der Waals surface area contributed by atoms with E-state index in [1.807, 2.05) is 6.92 Å². The van der Waals surface area contributed by atoms with Gasteiger partial charge in [0, 0.05) is 6.54 Å². The highest BCUT2D eigenvalue weighted by Gasteiger charge is 2.33. The second-order valence-corrected chi connectivity index (χ2v) is 6.14. The van der Waals surface area contributed by atoms with E-state index in [0.717, 1.165) is 45.3 Å². The van der Waals surface area contributed by atoms with E-state index in [0.29, 0.717) is 5.92 Å². The standard InChI is InChI=1S/C14H27NO2/c1-12(16)13-5-9-15(10-6-13)11-14(17)7-3-2-4-8-14/h12-13,16-17H,2-11H2,1H3. The summed E-state index contributed by atoms with van der Waals surface area (Å²) in [5.74, 6) is 0.465. The van der Waals surface area contributed by atoms with Crippen molar-refractivity contribution in [2.75, 3.05) is 19.6 Å². The summed E-state index contributed by atoms with van der Waals surface area (Å²) in [6, 6.07) is 0. The molecule has 2 aliphatic rings. The highest BCUT2D eigenvalue weighted by Crippen LogP contribution is 2.30. The fraction of sp³-hybridized carbons (Fsp3) is 1.00. The van der Waals surface area contributed by atoms with Crippen LogP contribution in [0.4, 0.5) is 0 Å². The van der Waals surface area contributed by atoms with Gasteiger partial charge in [-0.3, -0.25) is 0 Å². The molecule has 17 heavy (non-hydrogen) atoms. The van der Waals surface area contributed by atoms with Crippen LogP contribution in [0.15, 0.2) is 0 Å². The number of aliphatic hydroxyl groups is 2. The molecule has 1 heterocycles. The van der Waals surface area contributed by atoms with E-state index in [-0.39, 0.29) is 6.10 Å². The number of piperidine rings is 1. The van der Waals surface area contributed by atoms with Gasteiger partial charge in [0.1, 0.15) is 0 Å². The molecule has 1 aliphatic heterocycles. The number of rotatable bonds is 3. The number of hydrogen-bond acceptors (Lipinski definition) is 3. The molecule has 1 aliphatic carbocycles. The molecule has 0 aromatic rings. The first-order chi connectivity index (χ1) is 8.09. The Labute approximate surface area is 105 Å². The molecule has 0 aromatic heterocycles. The van der Waals surface area contributed by atoms with Gasteiger partial charge in [-0.25, -0.2) is 0 Å². The fourth-order valence-corrected chi connectivity index (χ4v) is 3.38. The summed E-state index contributed by atoms with van der Waals surface area (Å²) in [6.45, 7) is 4.82. The van der Waals surface area contributed by atoms with E-state index in [4.69, 9.17) is 0 Å². The van der Waals surface area contributed by atoms with Crippen molar-refractivity contribution in [3.05, 3.63) is 0 Å². The third kappa shape index (κ3) is 3.67. The predicted molar refractivity (Wildman–Crippen MR) is 68.9 cm³/mol. The smallest absolute Gasteiger partial charge is 0.0774 e. The van der Waals surface area contributed by atoms with Gasteiger partial charge in [0.25, 0.3) is 0 Å². The Balaban J connectivity index is 1.77. The van der Waals surface area contributed by atoms with E-state index in [1.165, 1.54) is 19.3 Å². The number of nitrogens with zero attached hydrogens (tertiary/aromatic N) is 1. The lowest BCUT2D eigenvalue weighted by atomic mass is 9.83. The molecule has 3 nitrogen and oxygen atoms in total. The van der Waals surface area contributed by atoms with Crippen LogP contribution in [0.5, 0.6) is 0 Å². The lowest BCUT2D eigenvalue weighted by molar-refractivity contribution is -0.0373. The van der Waals surface area contributed by atoms with Crippen LogP contribution in [0.1, 0.15) is 51.9 Å². The zero-order valence-corrected chi connectivity index (χ0v) is 11.1. The van der Waals surface area contributed by atoms with Gasteiger partial charge >= 0.3 is 0 Å². The van der Waals surface area contributed by atoms with Crippen LogP contribution in [0.2, 0.25) is 0 Å². The molecule has 1 saturated carbocycles. The first-order valence-corrected chi connectivity index (χ1v) is 7.22. The van der Waals surface area contributed by atoms with E-state index < -0.39 is 5.60 Å². The molecule has 2 fully saturated rings. The van der Waals surface area contributed by atoms with Gasteiger partial charge in [-0.2, -0.15) is 0 Å². The molecule has 3 heteroatoms. The summed E-state index contributed by atoms with van der Waals surface area (Å²) in [5, 5.41) is 20.1. The Morgan fingerprint density at radius 1 is 1.18 bits per heavy atom. The van der Waals surface area contributed by atoms with Crippen LogP contribution in [0.3, 0.4) is 0 Å². The molecule has 0 bridgehead atoms. The normalized spacial score (nSPS) is 29.1. The summed E-state index contributed by atoms with van der Waals surface area (Å²) in [4.78, 5) is 2.39. The van der Waals surface area contributed by atoms with E-state index in [9.17, 15) is 10.2 Å². The zero-order chi connectivity index (χ0) is 12.3. The molecule has 100 valence electrons. The molecule has 2 N–H and O–H groups in total. The molecular formula is C14H27NO2. The summed E-state index contributed by atoms with van der Waals surface area (Å²) >= 11 is 0. The van der Waals surface area contributed by atoms with Crippen LogP contribution >= 0.6 is 0 Å². The van der Waals surface area contributed by atoms with Crippen molar-refractivity contribution < 1.29 is 10.2 Å². The number of β-amino-alcohol motifs (C(OH)–C–C–N with tert-alkyl or cyclic N) is 1. The maximum Gasteiger partial charge on any atom is 0.0774 e. The van der Waals surface area contributed by atoms with Gasteiger partial charge in [-0.15, -0.1) is 0 Å². The highest BCUT2D eigenvalue weighted by atomic mass is 16.3. The summed E-state index contributed by atoms with van der Waals surface area (Å²) in [5.41, 5.74) is -0.421. The first-order valence-electron chi connectivity index (χ1n) is 7.22. The Morgan fingerprint density at radius 2 is 1.76 bits per heavy atom. The second kappa shape index (κ2) is 5.68. The maximum atomic E-state index is 10.5. The monoisotopic (exact) mass is 241 g/mol. The molecule has 0 aromatic carbocycles. The quantitative estimate of drug-likeness (QED) is 0.791. The number of aliphatic hydroxyl groups excluding tert-OH is 1. The van der Waals surface area contributed by atoms with Crippen LogP contribution in [0, 0.1) is 5.92 Å². The van der Waals surface area contributed by atoms with Crippen molar-refractivity contribution in [3.63, 3.8) is 0 Å². The van der Waals surface area contributed by atoms with Crippen molar-refractivity contribution in [2.24, 2.45) is 5.92 Å². The Morgan fingerprint density at radius 3 is 2.29 bits per heavy atom. The fourth-order valence-electron chi connectivity index (χ4n) is 3.38. The summed E-state index contributed by atoms with van der Waals surface area (Å²) in [6.07, 6.45) is 7.58. The van der Waals surface area contributed by atoms with Crippen molar-refractivity contribution in [2.45, 2.75) is 63.6 Å². The molecule has 0 radical (unpaired) electrons. The Hall–Kier alpha value is -0.120. The van der Waals surface area contributed by atoms with Crippen molar-refractivity contribution in [1.82, 2.24) is 4.90 Å². The molecule has 0 spiro atoms. The highest BCUT2D eigenvalue weighted by molar-refractivity contribution is 4.87. The third-order valence-corrected chi connectivity index (χ3v) is 4.62. The van der Waals surface area contributed by atoms with Crippen molar-refractivity contribution in [1.29, 1.82) is 0 Å². The minimum atomic E-state index is -0.421. The van der Waals surface area contributed by atoms with Gasteiger partial charge in [-0.1, -0.05) is 19.3 Å². The number of hydrogen-bond donors (Lipinski definition) is 2. The second-order valence-electron chi connectivity index (χ2n) is 6.14.